The van der Waals surface area contributed by atoms with Crippen molar-refractivity contribution in [3.63, 3.8) is 0 Å². The second-order valence-electron chi connectivity index (χ2n) is 15.2. The van der Waals surface area contributed by atoms with Gasteiger partial charge in [-0.25, -0.2) is 0 Å². The highest BCUT2D eigenvalue weighted by atomic mass is 32.1. The van der Waals surface area contributed by atoms with Crippen LogP contribution >= 0.6 is 22.7 Å². The summed E-state index contributed by atoms with van der Waals surface area (Å²) in [7, 11) is 0. The van der Waals surface area contributed by atoms with Crippen LogP contribution in [0.4, 0.5) is 34.1 Å². The fraction of sp³-hybridized carbons (Fsp3) is 0. The van der Waals surface area contributed by atoms with Crippen molar-refractivity contribution in [2.75, 3.05) is 9.80 Å². The molecule has 0 aliphatic heterocycles. The molecule has 0 spiro atoms. The van der Waals surface area contributed by atoms with E-state index in [0.717, 1.165) is 75.2 Å². The quantitative estimate of drug-likeness (QED) is 0.113. The van der Waals surface area contributed by atoms with Crippen molar-refractivity contribution >= 4 is 97.1 Å². The molecule has 0 radical (unpaired) electrons. The zero-order chi connectivity index (χ0) is 41.6. The number of hydrogen-bond donors (Lipinski definition) is 0. The Balaban J connectivity index is 0.971. The van der Waals surface area contributed by atoms with Crippen molar-refractivity contribution in [3.05, 3.63) is 239 Å². The zero-order valence-corrected chi connectivity index (χ0v) is 34.9. The number of fused-ring (bicyclic) bond motifs is 5. The Morgan fingerprint density at radius 2 is 0.548 bits per heavy atom. The Kier molecular flexibility index (Phi) is 9.50. The monoisotopic (exact) mass is 832 g/mol. The van der Waals surface area contributed by atoms with Gasteiger partial charge < -0.3 is 9.80 Å². The molecular formula is C56H36N2O2S2. The van der Waals surface area contributed by atoms with Crippen LogP contribution in [0, 0.1) is 0 Å². The van der Waals surface area contributed by atoms with E-state index in [4.69, 9.17) is 0 Å². The first-order valence-corrected chi connectivity index (χ1v) is 22.1. The number of nitrogens with zero attached hydrogens (tertiary/aromatic N) is 2. The number of para-hydroxylation sites is 4. The summed E-state index contributed by atoms with van der Waals surface area (Å²) < 4.78 is 3.40. The highest BCUT2D eigenvalue weighted by molar-refractivity contribution is 7.26. The Morgan fingerprint density at radius 3 is 0.871 bits per heavy atom. The third-order valence-electron chi connectivity index (χ3n) is 11.4. The summed E-state index contributed by atoms with van der Waals surface area (Å²) in [6, 6.07) is 74.4. The van der Waals surface area contributed by atoms with Gasteiger partial charge in [0, 0.05) is 63.7 Å². The summed E-state index contributed by atoms with van der Waals surface area (Å²) >= 11 is 3.11. The third kappa shape index (κ3) is 6.72. The normalized spacial score (nSPS) is 11.4. The van der Waals surface area contributed by atoms with Gasteiger partial charge in [0.1, 0.15) is 0 Å². The molecule has 0 fully saturated rings. The summed E-state index contributed by atoms with van der Waals surface area (Å²) in [5.41, 5.74) is 10.0. The van der Waals surface area contributed by atoms with E-state index in [2.05, 4.69) is 119 Å². The Hall–Kier alpha value is -7.64. The predicted molar refractivity (Wildman–Crippen MR) is 265 cm³/mol. The van der Waals surface area contributed by atoms with Gasteiger partial charge in [0.2, 0.25) is 0 Å². The van der Waals surface area contributed by atoms with E-state index in [0.29, 0.717) is 21.5 Å². The number of rotatable bonds is 8. The highest BCUT2D eigenvalue weighted by Gasteiger charge is 2.18. The fourth-order valence-electron chi connectivity index (χ4n) is 8.45. The van der Waals surface area contributed by atoms with E-state index in [1.807, 2.05) is 109 Å². The first kappa shape index (κ1) is 37.4. The lowest BCUT2D eigenvalue weighted by Gasteiger charge is -2.25. The van der Waals surface area contributed by atoms with Crippen LogP contribution in [0.25, 0.3) is 62.6 Å². The molecule has 11 rings (SSSR count). The first-order chi connectivity index (χ1) is 30.6. The third-order valence-corrected chi connectivity index (χ3v) is 13.7. The van der Waals surface area contributed by atoms with Crippen LogP contribution in [0.2, 0.25) is 0 Å². The van der Waals surface area contributed by atoms with Crippen LogP contribution in [-0.4, -0.2) is 0 Å². The standard InChI is InChI=1S/C56H36N2O2S2/c59-55-47-35-39(37-21-27-45(28-22-37)57(41-13-5-1-6-14-41)42-15-7-2-8-16-42)25-31-49(47)61-51-33-34-52-54(53(51)55)56(60)48-36-40(26-32-50(48)62-52)38-23-29-46(30-24-38)58(43-17-9-3-10-18-43)44-19-11-4-12-20-44/h1-36H. The van der Waals surface area contributed by atoms with Crippen molar-refractivity contribution in [2.45, 2.75) is 0 Å². The molecule has 9 aromatic carbocycles. The molecule has 0 atom stereocenters. The van der Waals surface area contributed by atoms with Gasteiger partial charge in [0.15, 0.2) is 10.9 Å². The van der Waals surface area contributed by atoms with Gasteiger partial charge in [-0.1, -0.05) is 109 Å². The topological polar surface area (TPSA) is 40.6 Å². The number of anilines is 6. The van der Waals surface area contributed by atoms with Gasteiger partial charge in [0.05, 0.1) is 10.8 Å². The molecule has 6 heteroatoms. The number of hydrogen-bond acceptors (Lipinski definition) is 6. The molecule has 0 aliphatic rings. The molecule has 11 aromatic rings. The van der Waals surface area contributed by atoms with E-state index in [-0.39, 0.29) is 10.9 Å². The molecule has 62 heavy (non-hydrogen) atoms. The van der Waals surface area contributed by atoms with Gasteiger partial charge >= 0.3 is 0 Å². The van der Waals surface area contributed by atoms with E-state index in [9.17, 15) is 9.59 Å². The maximum Gasteiger partial charge on any atom is 0.196 e. The summed E-state index contributed by atoms with van der Waals surface area (Å²) in [5, 5.41) is 2.22. The maximum absolute atomic E-state index is 14.7. The predicted octanol–water partition coefficient (Wildman–Crippen LogP) is 15.4. The summed E-state index contributed by atoms with van der Waals surface area (Å²) in [5.74, 6) is 0. The molecule has 2 heterocycles. The minimum Gasteiger partial charge on any atom is -0.311 e. The Bertz CT molecular complexity index is 3220. The smallest absolute Gasteiger partial charge is 0.196 e. The molecule has 294 valence electrons. The van der Waals surface area contributed by atoms with E-state index >= 15 is 0 Å². The van der Waals surface area contributed by atoms with Gasteiger partial charge in [-0.05, 0) is 131 Å². The van der Waals surface area contributed by atoms with Crippen molar-refractivity contribution in [3.8, 4) is 22.3 Å². The van der Waals surface area contributed by atoms with Crippen molar-refractivity contribution in [2.24, 2.45) is 0 Å². The van der Waals surface area contributed by atoms with Crippen molar-refractivity contribution in [1.29, 1.82) is 0 Å². The van der Waals surface area contributed by atoms with Crippen LogP contribution in [0.5, 0.6) is 0 Å². The van der Waals surface area contributed by atoms with Gasteiger partial charge in [-0.3, -0.25) is 9.59 Å². The van der Waals surface area contributed by atoms with E-state index < -0.39 is 0 Å². The molecule has 0 N–H and O–H groups in total. The second-order valence-corrected chi connectivity index (χ2v) is 17.4. The molecule has 2 aromatic heterocycles. The van der Waals surface area contributed by atoms with Gasteiger partial charge in [0.25, 0.3) is 0 Å². The van der Waals surface area contributed by atoms with Crippen molar-refractivity contribution < 1.29 is 0 Å². The van der Waals surface area contributed by atoms with Crippen LogP contribution in [0.1, 0.15) is 0 Å². The number of benzene rings is 9. The molecule has 4 nitrogen and oxygen atoms in total. The van der Waals surface area contributed by atoms with Gasteiger partial charge in [-0.2, -0.15) is 0 Å². The van der Waals surface area contributed by atoms with Gasteiger partial charge in [-0.15, -0.1) is 22.7 Å². The Morgan fingerprint density at radius 1 is 0.274 bits per heavy atom. The summed E-state index contributed by atoms with van der Waals surface area (Å²) in [6.45, 7) is 0. The largest absolute Gasteiger partial charge is 0.311 e. The average molecular weight is 833 g/mol. The Labute approximate surface area is 366 Å². The molecule has 0 saturated carbocycles. The van der Waals surface area contributed by atoms with Crippen LogP contribution in [0.3, 0.4) is 0 Å². The molecule has 0 saturated heterocycles. The molecular weight excluding hydrogens is 797 g/mol. The lowest BCUT2D eigenvalue weighted by Crippen LogP contribution is -2.09. The van der Waals surface area contributed by atoms with Crippen molar-refractivity contribution in [1.82, 2.24) is 0 Å². The minimum absolute atomic E-state index is 0.117. The van der Waals surface area contributed by atoms with Crippen LogP contribution in [0.15, 0.2) is 228 Å². The molecule has 0 bridgehead atoms. The molecule has 0 aliphatic carbocycles. The summed E-state index contributed by atoms with van der Waals surface area (Å²) in [6.07, 6.45) is 0. The average Bonchev–Trinajstić information content (AvgIpc) is 3.33. The summed E-state index contributed by atoms with van der Waals surface area (Å²) in [4.78, 5) is 33.8. The SMILES string of the molecule is O=c1c2cc(-c3ccc(N(c4ccccc4)c4ccccc4)cc3)ccc2sc2ccc3sc4ccc(-c5ccc(N(c6ccccc6)c6ccccc6)cc5)cc4c(=O)c3c12. The van der Waals surface area contributed by atoms with Crippen LogP contribution in [-0.2, 0) is 0 Å². The second kappa shape index (κ2) is 15.8. The zero-order valence-electron chi connectivity index (χ0n) is 33.3. The molecule has 0 amide bonds. The lowest BCUT2D eigenvalue weighted by molar-refractivity contribution is 1.28. The van der Waals surface area contributed by atoms with E-state index in [1.54, 1.807) is 22.7 Å². The van der Waals surface area contributed by atoms with E-state index in [1.165, 1.54) is 0 Å². The minimum atomic E-state index is -0.117. The maximum atomic E-state index is 14.7. The molecule has 0 unspecified atom stereocenters. The highest BCUT2D eigenvalue weighted by Crippen LogP contribution is 2.39. The fourth-order valence-corrected chi connectivity index (χ4v) is 10.6. The lowest BCUT2D eigenvalue weighted by atomic mass is 10.0. The first-order valence-electron chi connectivity index (χ1n) is 20.5. The van der Waals surface area contributed by atoms with Crippen LogP contribution < -0.4 is 20.7 Å².